The second-order valence-electron chi connectivity index (χ2n) is 5.96. The van der Waals surface area contributed by atoms with E-state index in [4.69, 9.17) is 5.26 Å². The Labute approximate surface area is 156 Å². The number of rotatable bonds is 5. The molecule has 0 saturated carbocycles. The Morgan fingerprint density at radius 1 is 1.56 bits per heavy atom. The van der Waals surface area contributed by atoms with E-state index in [1.165, 1.54) is 30.0 Å². The van der Waals surface area contributed by atoms with E-state index in [9.17, 15) is 9.59 Å². The number of amides is 1. The van der Waals surface area contributed by atoms with E-state index < -0.39 is 11.0 Å². The van der Waals surface area contributed by atoms with Gasteiger partial charge in [-0.05, 0) is 26.2 Å². The van der Waals surface area contributed by atoms with Crippen molar-refractivity contribution in [1.29, 1.82) is 5.26 Å². The molecule has 134 valence electrons. The van der Waals surface area contributed by atoms with Crippen LogP contribution in [0.1, 0.15) is 26.0 Å². The summed E-state index contributed by atoms with van der Waals surface area (Å²) in [6, 6.07) is 3.80. The van der Waals surface area contributed by atoms with Crippen molar-refractivity contribution in [3.05, 3.63) is 18.0 Å². The maximum Gasteiger partial charge on any atom is 0.306 e. The van der Waals surface area contributed by atoms with Gasteiger partial charge >= 0.3 is 5.97 Å². The molecule has 0 bridgehead atoms. The highest BCUT2D eigenvalue weighted by Crippen LogP contribution is 2.37. The van der Waals surface area contributed by atoms with Gasteiger partial charge in [0.2, 0.25) is 5.91 Å². The lowest BCUT2D eigenvalue weighted by Crippen LogP contribution is -2.45. The lowest BCUT2D eigenvalue weighted by atomic mass is 10.0. The molecule has 0 aromatic carbocycles. The van der Waals surface area contributed by atoms with Crippen molar-refractivity contribution in [1.82, 2.24) is 9.88 Å². The van der Waals surface area contributed by atoms with E-state index in [1.54, 1.807) is 19.9 Å². The van der Waals surface area contributed by atoms with Crippen LogP contribution in [0.4, 0.5) is 5.69 Å². The first-order valence-electron chi connectivity index (χ1n) is 7.57. The van der Waals surface area contributed by atoms with E-state index in [2.05, 4.69) is 22.3 Å². The monoisotopic (exact) mass is 380 g/mol. The second kappa shape index (κ2) is 7.64. The number of thiol groups is 1. The van der Waals surface area contributed by atoms with E-state index in [1.807, 2.05) is 17.2 Å². The van der Waals surface area contributed by atoms with Gasteiger partial charge in [-0.1, -0.05) is 0 Å². The number of hydrogen-bond donors (Lipinski definition) is 1. The van der Waals surface area contributed by atoms with E-state index >= 15 is 0 Å². The number of ether oxygens (including phenoxy) is 1. The topological polar surface area (TPSA) is 86.5 Å². The number of thioether (sulfide) groups is 1. The van der Waals surface area contributed by atoms with E-state index in [0.717, 1.165) is 0 Å². The zero-order chi connectivity index (χ0) is 18.8. The first kappa shape index (κ1) is 19.6. The summed E-state index contributed by atoms with van der Waals surface area (Å²) in [6.07, 6.45) is 3.51. The molecule has 0 aliphatic carbocycles. The van der Waals surface area contributed by atoms with Crippen molar-refractivity contribution in [2.45, 2.75) is 36.2 Å². The number of methoxy groups -OCH3 is 1. The Balaban J connectivity index is 2.35. The maximum atomic E-state index is 12.9. The molecule has 1 aliphatic heterocycles. The molecule has 1 fully saturated rings. The molecule has 25 heavy (non-hydrogen) atoms. The van der Waals surface area contributed by atoms with E-state index in [0.29, 0.717) is 22.8 Å². The third kappa shape index (κ3) is 3.61. The van der Waals surface area contributed by atoms with Gasteiger partial charge in [-0.15, -0.1) is 24.4 Å². The summed E-state index contributed by atoms with van der Waals surface area (Å²) in [4.78, 5) is 32.6. The fourth-order valence-electron chi connectivity index (χ4n) is 2.72. The van der Waals surface area contributed by atoms with Crippen LogP contribution in [0.3, 0.4) is 0 Å². The average Bonchev–Trinajstić information content (AvgIpc) is 2.77. The highest BCUT2D eigenvalue weighted by Gasteiger charge is 2.51. The minimum atomic E-state index is -0.826. The summed E-state index contributed by atoms with van der Waals surface area (Å²) >= 11 is 5.98. The lowest BCUT2D eigenvalue weighted by molar-refractivity contribution is -0.141. The molecule has 0 spiro atoms. The molecule has 1 saturated heterocycles. The molecule has 9 heteroatoms. The SMILES string of the molecule is COC(=O)CCN1C(S)N(c2cnc(C#N)c(SC)c2)C(=O)C1(C)C. The summed E-state index contributed by atoms with van der Waals surface area (Å²) < 4.78 is 4.68. The third-order valence-corrected chi connectivity index (χ3v) is 5.46. The maximum absolute atomic E-state index is 12.9. The standard InChI is InChI=1S/C16H20N4O3S2/c1-16(2)14(22)20(15(24)19(16)6-5-13(21)23-3)10-7-12(25-4)11(8-17)18-9-10/h7,9,15,24H,5-6H2,1-4H3. The minimum Gasteiger partial charge on any atom is -0.469 e. The molecule has 1 aliphatic rings. The number of nitriles is 1. The van der Waals surface area contributed by atoms with Gasteiger partial charge in [-0.2, -0.15) is 5.26 Å². The van der Waals surface area contributed by atoms with Crippen LogP contribution in [-0.4, -0.2) is 52.7 Å². The highest BCUT2D eigenvalue weighted by atomic mass is 32.2. The van der Waals surface area contributed by atoms with Gasteiger partial charge in [-0.3, -0.25) is 19.4 Å². The molecular weight excluding hydrogens is 360 g/mol. The molecule has 1 atom stereocenters. The third-order valence-electron chi connectivity index (χ3n) is 4.20. The van der Waals surface area contributed by atoms with Crippen LogP contribution in [0.15, 0.2) is 17.2 Å². The van der Waals surface area contributed by atoms with Crippen LogP contribution in [0.2, 0.25) is 0 Å². The highest BCUT2D eigenvalue weighted by molar-refractivity contribution is 7.98. The minimum absolute atomic E-state index is 0.143. The first-order valence-corrected chi connectivity index (χ1v) is 9.31. The van der Waals surface area contributed by atoms with Gasteiger partial charge in [0.1, 0.15) is 11.6 Å². The number of anilines is 1. The Bertz CT molecular complexity index is 733. The molecule has 1 unspecified atom stereocenters. The van der Waals surface area contributed by atoms with Crippen LogP contribution < -0.4 is 4.90 Å². The summed E-state index contributed by atoms with van der Waals surface area (Å²) in [5, 5.41) is 9.11. The van der Waals surface area contributed by atoms with Crippen molar-refractivity contribution >= 4 is 42.0 Å². The van der Waals surface area contributed by atoms with Gasteiger partial charge in [0, 0.05) is 11.4 Å². The summed E-state index contributed by atoms with van der Waals surface area (Å²) in [7, 11) is 1.33. The first-order chi connectivity index (χ1) is 11.8. The van der Waals surface area contributed by atoms with Gasteiger partial charge < -0.3 is 4.74 Å². The van der Waals surface area contributed by atoms with Gasteiger partial charge in [0.15, 0.2) is 5.69 Å². The van der Waals surface area contributed by atoms with Crippen LogP contribution in [0.25, 0.3) is 0 Å². The fraction of sp³-hybridized carbons (Fsp3) is 0.500. The molecule has 2 rings (SSSR count). The molecule has 7 nitrogen and oxygen atoms in total. The molecular formula is C16H20N4O3S2. The quantitative estimate of drug-likeness (QED) is 0.474. The predicted molar refractivity (Wildman–Crippen MR) is 98.4 cm³/mol. The van der Waals surface area contributed by atoms with Gasteiger partial charge in [-0.25, -0.2) is 4.98 Å². The summed E-state index contributed by atoms with van der Waals surface area (Å²) in [6.45, 7) is 3.93. The van der Waals surface area contributed by atoms with Crippen molar-refractivity contribution in [3.63, 3.8) is 0 Å². The normalized spacial score (nSPS) is 19.8. The van der Waals surface area contributed by atoms with Gasteiger partial charge in [0.05, 0.1) is 31.0 Å². The number of pyridine rings is 1. The average molecular weight is 380 g/mol. The number of aromatic nitrogens is 1. The largest absolute Gasteiger partial charge is 0.469 e. The Morgan fingerprint density at radius 2 is 2.24 bits per heavy atom. The van der Waals surface area contributed by atoms with Gasteiger partial charge in [0.25, 0.3) is 0 Å². The fourth-order valence-corrected chi connectivity index (χ4v) is 3.89. The Kier molecular flexibility index (Phi) is 5.98. The zero-order valence-electron chi connectivity index (χ0n) is 14.5. The Morgan fingerprint density at radius 3 is 2.80 bits per heavy atom. The molecule has 1 amide bonds. The number of nitrogens with zero attached hydrogens (tertiary/aromatic N) is 4. The van der Waals surface area contributed by atoms with Crippen LogP contribution in [0, 0.1) is 11.3 Å². The number of carbonyl (C=O) groups excluding carboxylic acids is 2. The second-order valence-corrected chi connectivity index (χ2v) is 7.27. The smallest absolute Gasteiger partial charge is 0.306 e. The predicted octanol–water partition coefficient (Wildman–Crippen LogP) is 1.88. The summed E-state index contributed by atoms with van der Waals surface area (Å²) in [5.41, 5.74) is -0.479. The van der Waals surface area contributed by atoms with Crippen molar-refractivity contribution in [3.8, 4) is 6.07 Å². The molecule has 2 heterocycles. The van der Waals surface area contributed by atoms with Crippen molar-refractivity contribution in [2.75, 3.05) is 24.8 Å². The number of esters is 1. The van der Waals surface area contributed by atoms with Crippen LogP contribution >= 0.6 is 24.4 Å². The zero-order valence-corrected chi connectivity index (χ0v) is 16.2. The van der Waals surface area contributed by atoms with E-state index in [-0.39, 0.29) is 18.3 Å². The van der Waals surface area contributed by atoms with Crippen molar-refractivity contribution in [2.24, 2.45) is 0 Å². The Hall–Kier alpha value is -1.76. The van der Waals surface area contributed by atoms with Crippen LogP contribution in [0.5, 0.6) is 0 Å². The molecule has 0 radical (unpaired) electrons. The number of hydrogen-bond acceptors (Lipinski definition) is 8. The van der Waals surface area contributed by atoms with Crippen LogP contribution in [-0.2, 0) is 14.3 Å². The number of carbonyl (C=O) groups is 2. The molecule has 1 aromatic rings. The molecule has 0 N–H and O–H groups in total. The summed E-state index contributed by atoms with van der Waals surface area (Å²) in [5.74, 6) is -0.483. The molecule has 1 aromatic heterocycles. The van der Waals surface area contributed by atoms with Crippen molar-refractivity contribution < 1.29 is 14.3 Å². The lowest BCUT2D eigenvalue weighted by Gasteiger charge is -2.30.